The topological polar surface area (TPSA) is 26.0 Å². The monoisotopic (exact) mass is 139 g/mol. The third-order valence-corrected chi connectivity index (χ3v) is 1.62. The van der Waals surface area contributed by atoms with Crippen molar-refractivity contribution in [1.82, 2.24) is 0 Å². The minimum atomic E-state index is 0.216. The summed E-state index contributed by atoms with van der Waals surface area (Å²) in [6.45, 7) is 7.75. The quantitative estimate of drug-likeness (QED) is 0.593. The van der Waals surface area contributed by atoms with Gasteiger partial charge >= 0.3 is 0 Å². The van der Waals surface area contributed by atoms with E-state index in [2.05, 4.69) is 12.7 Å². The first-order chi connectivity index (χ1) is 4.72. The fourth-order valence-corrected chi connectivity index (χ4v) is 0.819. The molecule has 1 heteroatoms. The van der Waals surface area contributed by atoms with Crippen LogP contribution in [0.15, 0.2) is 24.8 Å². The predicted molar refractivity (Wildman–Crippen MR) is 46.8 cm³/mol. The normalized spacial score (nSPS) is 17.1. The van der Waals surface area contributed by atoms with Crippen LogP contribution in [0.1, 0.15) is 20.3 Å². The van der Waals surface area contributed by atoms with Gasteiger partial charge in [0.25, 0.3) is 0 Å². The lowest BCUT2D eigenvalue weighted by Crippen LogP contribution is -2.24. The molecule has 0 bridgehead atoms. The average Bonchev–Trinajstić information content (AvgIpc) is 1.89. The van der Waals surface area contributed by atoms with Gasteiger partial charge in [0.1, 0.15) is 0 Å². The molecule has 0 spiro atoms. The largest absolute Gasteiger partial charge is 0.327 e. The van der Waals surface area contributed by atoms with E-state index in [1.165, 1.54) is 0 Å². The molecule has 0 aromatic rings. The lowest BCUT2D eigenvalue weighted by molar-refractivity contribution is 0.542. The lowest BCUT2D eigenvalue weighted by Gasteiger charge is -2.13. The average molecular weight is 139 g/mol. The van der Waals surface area contributed by atoms with Crippen molar-refractivity contribution < 1.29 is 0 Å². The molecular weight excluding hydrogens is 122 g/mol. The number of nitrogens with two attached hydrogens (primary N) is 1. The van der Waals surface area contributed by atoms with Gasteiger partial charge in [-0.3, -0.25) is 0 Å². The van der Waals surface area contributed by atoms with E-state index in [-0.39, 0.29) is 6.04 Å². The molecule has 0 radical (unpaired) electrons. The summed E-state index contributed by atoms with van der Waals surface area (Å²) in [5, 5.41) is 0. The highest BCUT2D eigenvalue weighted by Gasteiger charge is 2.05. The molecule has 0 amide bonds. The zero-order valence-electron chi connectivity index (χ0n) is 6.88. The molecule has 58 valence electrons. The van der Waals surface area contributed by atoms with Gasteiger partial charge in [0.05, 0.1) is 0 Å². The van der Waals surface area contributed by atoms with Crippen LogP contribution in [-0.4, -0.2) is 6.04 Å². The Bertz CT molecular complexity index is 114. The van der Waals surface area contributed by atoms with E-state index in [9.17, 15) is 0 Å². The highest BCUT2D eigenvalue weighted by atomic mass is 14.6. The van der Waals surface area contributed by atoms with Gasteiger partial charge in [-0.25, -0.2) is 0 Å². The number of allylic oxidation sites excluding steroid dienone is 2. The van der Waals surface area contributed by atoms with E-state index >= 15 is 0 Å². The predicted octanol–water partition coefficient (Wildman–Crippen LogP) is 2.10. The van der Waals surface area contributed by atoms with Crippen molar-refractivity contribution in [1.29, 1.82) is 0 Å². The summed E-state index contributed by atoms with van der Waals surface area (Å²) in [5.74, 6) is 0.427. The van der Waals surface area contributed by atoms with Crippen LogP contribution in [0.3, 0.4) is 0 Å². The van der Waals surface area contributed by atoms with Crippen molar-refractivity contribution in [2.45, 2.75) is 26.3 Å². The van der Waals surface area contributed by atoms with Gasteiger partial charge in [-0.05, 0) is 26.2 Å². The zero-order chi connectivity index (χ0) is 7.98. The maximum atomic E-state index is 5.68. The summed E-state index contributed by atoms with van der Waals surface area (Å²) in [6.07, 6.45) is 7.09. The maximum absolute atomic E-state index is 5.68. The van der Waals surface area contributed by atoms with Gasteiger partial charge in [-0.1, -0.05) is 18.2 Å². The second kappa shape index (κ2) is 5.24. The molecule has 2 atom stereocenters. The highest BCUT2D eigenvalue weighted by molar-refractivity contribution is 4.91. The van der Waals surface area contributed by atoms with Crippen molar-refractivity contribution in [3.63, 3.8) is 0 Å². The van der Waals surface area contributed by atoms with Crippen LogP contribution >= 0.6 is 0 Å². The van der Waals surface area contributed by atoms with Crippen LogP contribution in [0.2, 0.25) is 0 Å². The number of hydrogen-bond donors (Lipinski definition) is 1. The van der Waals surface area contributed by atoms with Crippen LogP contribution in [0.4, 0.5) is 0 Å². The van der Waals surface area contributed by atoms with Crippen LogP contribution in [0, 0.1) is 5.92 Å². The van der Waals surface area contributed by atoms with Crippen LogP contribution in [0.25, 0.3) is 0 Å². The molecule has 0 saturated carbocycles. The van der Waals surface area contributed by atoms with Gasteiger partial charge in [-0.15, -0.1) is 6.58 Å². The van der Waals surface area contributed by atoms with Crippen molar-refractivity contribution in [3.05, 3.63) is 24.8 Å². The summed E-state index contributed by atoms with van der Waals surface area (Å²) in [4.78, 5) is 0. The van der Waals surface area contributed by atoms with E-state index in [0.29, 0.717) is 5.92 Å². The van der Waals surface area contributed by atoms with Crippen molar-refractivity contribution >= 4 is 0 Å². The Labute approximate surface area is 63.6 Å². The highest BCUT2D eigenvalue weighted by Crippen LogP contribution is 2.08. The third kappa shape index (κ3) is 3.46. The molecule has 0 aromatic carbocycles. The van der Waals surface area contributed by atoms with E-state index < -0.39 is 0 Å². The molecule has 0 aliphatic carbocycles. The standard InChI is InChI=1S/C9H17N/c1-4-6-7-9(5-2)8(3)10/h4-6,8-9H,2,7,10H2,1,3H3/b6-4-. The first-order valence-electron chi connectivity index (χ1n) is 3.71. The van der Waals surface area contributed by atoms with Gasteiger partial charge in [0.15, 0.2) is 0 Å². The Kier molecular flexibility index (Phi) is 4.95. The molecule has 0 saturated heterocycles. The lowest BCUT2D eigenvalue weighted by atomic mass is 9.98. The Hall–Kier alpha value is -0.560. The van der Waals surface area contributed by atoms with Gasteiger partial charge < -0.3 is 5.73 Å². The minimum Gasteiger partial charge on any atom is -0.327 e. The summed E-state index contributed by atoms with van der Waals surface area (Å²) in [5.41, 5.74) is 5.68. The minimum absolute atomic E-state index is 0.216. The first kappa shape index (κ1) is 9.44. The Morgan fingerprint density at radius 1 is 1.60 bits per heavy atom. The fraction of sp³-hybridized carbons (Fsp3) is 0.556. The molecule has 0 aliphatic rings. The second-order valence-corrected chi connectivity index (χ2v) is 2.56. The molecule has 0 aromatic heterocycles. The third-order valence-electron chi connectivity index (χ3n) is 1.62. The summed E-state index contributed by atoms with van der Waals surface area (Å²) < 4.78 is 0. The molecule has 1 nitrogen and oxygen atoms in total. The van der Waals surface area contributed by atoms with E-state index in [1.807, 2.05) is 26.0 Å². The fourth-order valence-electron chi connectivity index (χ4n) is 0.819. The summed E-state index contributed by atoms with van der Waals surface area (Å²) in [6, 6.07) is 0.216. The second-order valence-electron chi connectivity index (χ2n) is 2.56. The molecule has 2 N–H and O–H groups in total. The van der Waals surface area contributed by atoms with Crippen molar-refractivity contribution in [2.24, 2.45) is 11.7 Å². The number of rotatable bonds is 4. The van der Waals surface area contributed by atoms with Gasteiger partial charge in [0.2, 0.25) is 0 Å². The molecule has 2 unspecified atom stereocenters. The van der Waals surface area contributed by atoms with E-state index in [0.717, 1.165) is 6.42 Å². The van der Waals surface area contributed by atoms with E-state index in [4.69, 9.17) is 5.73 Å². The molecule has 0 aliphatic heterocycles. The van der Waals surface area contributed by atoms with E-state index in [1.54, 1.807) is 0 Å². The summed E-state index contributed by atoms with van der Waals surface area (Å²) in [7, 11) is 0. The van der Waals surface area contributed by atoms with Crippen molar-refractivity contribution in [2.75, 3.05) is 0 Å². The smallest absolute Gasteiger partial charge is 0.00762 e. The van der Waals surface area contributed by atoms with Crippen LogP contribution in [0.5, 0.6) is 0 Å². The Balaban J connectivity index is 3.71. The Morgan fingerprint density at radius 3 is 2.50 bits per heavy atom. The molecule has 0 rings (SSSR count). The SMILES string of the molecule is C=CC(C/C=C\C)C(C)N. The van der Waals surface area contributed by atoms with Gasteiger partial charge in [-0.2, -0.15) is 0 Å². The zero-order valence-corrected chi connectivity index (χ0v) is 6.88. The molecular formula is C9H17N. The van der Waals surface area contributed by atoms with Crippen LogP contribution in [-0.2, 0) is 0 Å². The first-order valence-corrected chi connectivity index (χ1v) is 3.71. The maximum Gasteiger partial charge on any atom is 0.00762 e. The van der Waals surface area contributed by atoms with Crippen LogP contribution < -0.4 is 5.73 Å². The van der Waals surface area contributed by atoms with Crippen molar-refractivity contribution in [3.8, 4) is 0 Å². The number of hydrogen-bond acceptors (Lipinski definition) is 1. The molecule has 0 heterocycles. The molecule has 0 fully saturated rings. The summed E-state index contributed by atoms with van der Waals surface area (Å²) >= 11 is 0. The molecule has 10 heavy (non-hydrogen) atoms. The Morgan fingerprint density at radius 2 is 2.20 bits per heavy atom. The van der Waals surface area contributed by atoms with Gasteiger partial charge in [0, 0.05) is 6.04 Å².